The van der Waals surface area contributed by atoms with E-state index in [9.17, 15) is 9.59 Å². The fourth-order valence-corrected chi connectivity index (χ4v) is 3.75. The van der Waals surface area contributed by atoms with Crippen molar-refractivity contribution in [2.75, 3.05) is 5.32 Å². The molecule has 0 spiro atoms. The van der Waals surface area contributed by atoms with Crippen LogP contribution in [0.3, 0.4) is 0 Å². The summed E-state index contributed by atoms with van der Waals surface area (Å²) in [7, 11) is 0. The van der Waals surface area contributed by atoms with Gasteiger partial charge >= 0.3 is 0 Å². The molecule has 5 aromatic rings. The van der Waals surface area contributed by atoms with Crippen molar-refractivity contribution in [3.05, 3.63) is 125 Å². The number of hydrogen-bond donors (Lipinski definition) is 2. The van der Waals surface area contributed by atoms with Gasteiger partial charge in [0.05, 0.1) is 12.2 Å². The molecule has 0 bridgehead atoms. The zero-order chi connectivity index (χ0) is 24.7. The maximum Gasteiger partial charge on any atom is 0.264 e. The van der Waals surface area contributed by atoms with Crippen LogP contribution in [0.4, 0.5) is 5.69 Å². The van der Waals surface area contributed by atoms with Gasteiger partial charge in [-0.05, 0) is 42.0 Å². The molecule has 0 saturated carbocycles. The second-order valence-electron chi connectivity index (χ2n) is 8.07. The molecule has 0 unspecified atom stereocenters. The largest absolute Gasteiger partial charge is 0.322 e. The van der Waals surface area contributed by atoms with Crippen molar-refractivity contribution in [2.45, 2.75) is 6.54 Å². The number of amides is 1. The summed E-state index contributed by atoms with van der Waals surface area (Å²) in [6.45, 7) is 0.611. The van der Waals surface area contributed by atoms with Crippen LogP contribution in [0, 0.1) is 0 Å². The number of aromatic amines is 1. The molecule has 0 atom stereocenters. The highest BCUT2D eigenvalue weighted by molar-refractivity contribution is 6.02. The minimum Gasteiger partial charge on any atom is -0.322 e. The van der Waals surface area contributed by atoms with Gasteiger partial charge in [-0.2, -0.15) is 10.2 Å². The maximum absolute atomic E-state index is 12.7. The summed E-state index contributed by atoms with van der Waals surface area (Å²) in [5, 5.41) is 14.1. The van der Waals surface area contributed by atoms with E-state index in [0.717, 1.165) is 27.9 Å². The van der Waals surface area contributed by atoms with Crippen molar-refractivity contribution in [2.24, 2.45) is 0 Å². The fraction of sp³-hybridized carbons (Fsp3) is 0.0357. The Morgan fingerprint density at radius 1 is 0.972 bits per heavy atom. The summed E-state index contributed by atoms with van der Waals surface area (Å²) < 4.78 is 1.86. The quantitative estimate of drug-likeness (QED) is 0.340. The molecule has 0 saturated heterocycles. The van der Waals surface area contributed by atoms with E-state index >= 15 is 0 Å². The predicted molar refractivity (Wildman–Crippen MR) is 139 cm³/mol. The summed E-state index contributed by atoms with van der Waals surface area (Å²) in [4.78, 5) is 28.2. The molecule has 0 aliphatic carbocycles. The number of carbonyl (C=O) groups excluding carboxylic acids is 1. The molecule has 8 heteroatoms. The van der Waals surface area contributed by atoms with E-state index < -0.39 is 0 Å². The second kappa shape index (κ2) is 10.4. The van der Waals surface area contributed by atoms with Gasteiger partial charge in [-0.15, -0.1) is 0 Å². The summed E-state index contributed by atoms with van der Waals surface area (Å²) in [5.74, 6) is -0.283. The van der Waals surface area contributed by atoms with Crippen LogP contribution in [-0.2, 0) is 11.3 Å². The topological polar surface area (TPSA) is 106 Å². The van der Waals surface area contributed by atoms with Gasteiger partial charge in [0.25, 0.3) is 5.56 Å². The molecular weight excluding hydrogens is 452 g/mol. The van der Waals surface area contributed by atoms with E-state index in [2.05, 4.69) is 20.5 Å². The van der Waals surface area contributed by atoms with E-state index in [-0.39, 0.29) is 11.5 Å². The predicted octanol–water partition coefficient (Wildman–Crippen LogP) is 4.40. The van der Waals surface area contributed by atoms with Crippen molar-refractivity contribution >= 4 is 17.7 Å². The van der Waals surface area contributed by atoms with Gasteiger partial charge in [-0.1, -0.05) is 42.5 Å². The molecule has 0 radical (unpaired) electrons. The number of nitrogens with zero attached hydrogens (tertiary/aromatic N) is 4. The molecule has 3 heterocycles. The zero-order valence-corrected chi connectivity index (χ0v) is 19.2. The van der Waals surface area contributed by atoms with E-state index in [1.54, 1.807) is 36.7 Å². The Balaban J connectivity index is 1.36. The lowest BCUT2D eigenvalue weighted by atomic mass is 10.1. The van der Waals surface area contributed by atoms with Crippen molar-refractivity contribution in [3.63, 3.8) is 0 Å². The van der Waals surface area contributed by atoms with E-state index in [4.69, 9.17) is 5.10 Å². The SMILES string of the molecule is O=C(/C=C/c1cn(Cc2ccccc2)nc1-c1cccnc1)Nc1cccc(-c2ccc(=O)[nH]n2)c1. The van der Waals surface area contributed by atoms with Crippen molar-refractivity contribution in [1.82, 2.24) is 25.0 Å². The Hall–Kier alpha value is -5.11. The van der Waals surface area contributed by atoms with Gasteiger partial charge in [-0.3, -0.25) is 19.3 Å². The van der Waals surface area contributed by atoms with Crippen molar-refractivity contribution in [3.8, 4) is 22.5 Å². The van der Waals surface area contributed by atoms with Crippen LogP contribution in [-0.4, -0.2) is 30.9 Å². The highest BCUT2D eigenvalue weighted by Gasteiger charge is 2.11. The summed E-state index contributed by atoms with van der Waals surface area (Å²) >= 11 is 0. The maximum atomic E-state index is 12.7. The van der Waals surface area contributed by atoms with Gasteiger partial charge in [0.2, 0.25) is 5.91 Å². The van der Waals surface area contributed by atoms with Gasteiger partial charge in [-0.25, -0.2) is 5.10 Å². The number of carbonyl (C=O) groups is 1. The number of pyridine rings is 1. The van der Waals surface area contributed by atoms with Crippen LogP contribution in [0.25, 0.3) is 28.6 Å². The first-order chi connectivity index (χ1) is 17.6. The average molecular weight is 475 g/mol. The number of benzene rings is 2. The number of anilines is 1. The molecule has 3 aromatic heterocycles. The first kappa shape index (κ1) is 22.7. The van der Waals surface area contributed by atoms with Crippen LogP contribution in [0.5, 0.6) is 0 Å². The lowest BCUT2D eigenvalue weighted by molar-refractivity contribution is -0.111. The molecule has 5 rings (SSSR count). The Bertz CT molecular complexity index is 1550. The first-order valence-electron chi connectivity index (χ1n) is 11.3. The summed E-state index contributed by atoms with van der Waals surface area (Å²) in [6.07, 6.45) is 8.61. The van der Waals surface area contributed by atoms with Gasteiger partial charge in [0.1, 0.15) is 5.69 Å². The Labute approximate surface area is 207 Å². The molecule has 2 N–H and O–H groups in total. The number of H-pyrrole nitrogens is 1. The third-order valence-electron chi connectivity index (χ3n) is 5.43. The Morgan fingerprint density at radius 3 is 2.61 bits per heavy atom. The van der Waals surface area contributed by atoms with E-state index in [1.165, 1.54) is 12.1 Å². The lowest BCUT2D eigenvalue weighted by Crippen LogP contribution is -2.08. The summed E-state index contributed by atoms with van der Waals surface area (Å²) in [6, 6.07) is 24.2. The highest BCUT2D eigenvalue weighted by Crippen LogP contribution is 2.23. The van der Waals surface area contributed by atoms with Gasteiger partial charge < -0.3 is 5.32 Å². The van der Waals surface area contributed by atoms with Crippen LogP contribution >= 0.6 is 0 Å². The van der Waals surface area contributed by atoms with E-state index in [1.807, 2.05) is 65.5 Å². The number of nitrogens with one attached hydrogen (secondary N) is 2. The standard InChI is InChI=1S/C28H22N6O2/c35-26(30-24-10-4-8-21(16-24)25-12-14-27(36)32-31-25)13-11-23-19-34(18-20-6-2-1-3-7-20)33-28(23)22-9-5-15-29-17-22/h1-17,19H,18H2,(H,30,35)(H,32,36)/b13-11+. The molecule has 2 aromatic carbocycles. The number of rotatable bonds is 7. The molecule has 176 valence electrons. The molecule has 8 nitrogen and oxygen atoms in total. The molecule has 0 aliphatic heterocycles. The molecule has 36 heavy (non-hydrogen) atoms. The monoisotopic (exact) mass is 474 g/mol. The first-order valence-corrected chi connectivity index (χ1v) is 11.3. The third kappa shape index (κ3) is 5.51. The summed E-state index contributed by atoms with van der Waals surface area (Å²) in [5.41, 5.74) is 5.26. The van der Waals surface area contributed by atoms with Crippen molar-refractivity contribution < 1.29 is 4.79 Å². The number of hydrogen-bond acceptors (Lipinski definition) is 5. The smallest absolute Gasteiger partial charge is 0.264 e. The lowest BCUT2D eigenvalue weighted by Gasteiger charge is -2.05. The van der Waals surface area contributed by atoms with Crippen LogP contribution in [0.1, 0.15) is 11.1 Å². The van der Waals surface area contributed by atoms with Crippen LogP contribution in [0.15, 0.2) is 108 Å². The van der Waals surface area contributed by atoms with Gasteiger partial charge in [0, 0.05) is 53.1 Å². The van der Waals surface area contributed by atoms with Crippen molar-refractivity contribution in [1.29, 1.82) is 0 Å². The zero-order valence-electron chi connectivity index (χ0n) is 19.2. The highest BCUT2D eigenvalue weighted by atomic mass is 16.1. The average Bonchev–Trinajstić information content (AvgIpc) is 3.31. The Morgan fingerprint density at radius 2 is 1.83 bits per heavy atom. The van der Waals surface area contributed by atoms with Crippen LogP contribution < -0.4 is 10.9 Å². The minimum absolute atomic E-state index is 0.272. The third-order valence-corrected chi connectivity index (χ3v) is 5.43. The Kier molecular flexibility index (Phi) is 6.57. The normalized spacial score (nSPS) is 11.0. The molecule has 0 fully saturated rings. The van der Waals surface area contributed by atoms with E-state index in [0.29, 0.717) is 17.9 Å². The molecular formula is C28H22N6O2. The number of aromatic nitrogens is 5. The molecule has 1 amide bonds. The van der Waals surface area contributed by atoms with Crippen LogP contribution in [0.2, 0.25) is 0 Å². The van der Waals surface area contributed by atoms with Gasteiger partial charge in [0.15, 0.2) is 0 Å². The minimum atomic E-state index is -0.283. The fourth-order valence-electron chi connectivity index (χ4n) is 3.75. The second-order valence-corrected chi connectivity index (χ2v) is 8.07. The molecule has 0 aliphatic rings.